The van der Waals surface area contributed by atoms with Crippen LogP contribution in [0.3, 0.4) is 0 Å². The maximum absolute atomic E-state index is 14.4. The maximum Gasteiger partial charge on any atom is 0.359 e. The third-order valence-electron chi connectivity index (χ3n) is 5.53. The number of anilines is 1. The molecular weight excluding hydrogens is 412 g/mol. The highest BCUT2D eigenvalue weighted by atomic mass is 19.2. The zero-order valence-corrected chi connectivity index (χ0v) is 17.3. The van der Waals surface area contributed by atoms with Gasteiger partial charge in [0.1, 0.15) is 29.1 Å². The summed E-state index contributed by atoms with van der Waals surface area (Å²) < 4.78 is 35.3. The van der Waals surface area contributed by atoms with Crippen molar-refractivity contribution in [2.45, 2.75) is 25.8 Å². The number of rotatable bonds is 5. The molecule has 0 radical (unpaired) electrons. The first-order valence-electron chi connectivity index (χ1n) is 10.3. The van der Waals surface area contributed by atoms with Gasteiger partial charge < -0.3 is 4.42 Å². The molecule has 1 aliphatic rings. The molecule has 0 bridgehead atoms. The fraction of sp³-hybridized carbons (Fsp3) is 0.160. The summed E-state index contributed by atoms with van der Waals surface area (Å²) in [6.07, 6.45) is 2.08. The molecule has 0 amide bonds. The van der Waals surface area contributed by atoms with Crippen molar-refractivity contribution in [1.82, 2.24) is 4.98 Å². The average molecular weight is 432 g/mol. The number of benzene rings is 2. The number of furan rings is 1. The Balaban J connectivity index is 1.57. The summed E-state index contributed by atoms with van der Waals surface area (Å²) in [5.41, 5.74) is 2.03. The minimum Gasteiger partial charge on any atom is -0.466 e. The fourth-order valence-corrected chi connectivity index (χ4v) is 3.95. The van der Waals surface area contributed by atoms with Crippen LogP contribution in [0, 0.1) is 18.6 Å². The number of carbonyl (C=O) groups is 1. The zero-order valence-electron chi connectivity index (χ0n) is 17.3. The van der Waals surface area contributed by atoms with Crippen molar-refractivity contribution in [2.24, 2.45) is 0 Å². The number of hydrogen-bond donors (Lipinski definition) is 1. The van der Waals surface area contributed by atoms with Gasteiger partial charge in [0.15, 0.2) is 11.6 Å². The van der Waals surface area contributed by atoms with Gasteiger partial charge in [-0.2, -0.15) is 4.57 Å². The minimum absolute atomic E-state index is 0.0342. The number of hydrogen-bond acceptors (Lipinski definition) is 4. The fourth-order valence-electron chi connectivity index (χ4n) is 3.95. The van der Waals surface area contributed by atoms with Gasteiger partial charge in [0.05, 0.1) is 6.42 Å². The Morgan fingerprint density at radius 2 is 1.88 bits per heavy atom. The first-order chi connectivity index (χ1) is 15.5. The molecule has 2 aromatic carbocycles. The van der Waals surface area contributed by atoms with Crippen molar-refractivity contribution in [3.8, 4) is 11.3 Å². The zero-order chi connectivity index (χ0) is 22.2. The molecule has 1 unspecified atom stereocenters. The van der Waals surface area contributed by atoms with E-state index >= 15 is 0 Å². The van der Waals surface area contributed by atoms with E-state index in [4.69, 9.17) is 9.40 Å². The molecule has 32 heavy (non-hydrogen) atoms. The van der Waals surface area contributed by atoms with E-state index in [1.165, 1.54) is 16.7 Å². The van der Waals surface area contributed by atoms with Gasteiger partial charge >= 0.3 is 11.7 Å². The molecule has 5 nitrogen and oxygen atoms in total. The molecule has 0 saturated heterocycles. The van der Waals surface area contributed by atoms with Crippen molar-refractivity contribution in [2.75, 3.05) is 5.32 Å². The van der Waals surface area contributed by atoms with Crippen LogP contribution in [0.2, 0.25) is 0 Å². The highest BCUT2D eigenvalue weighted by molar-refractivity contribution is 5.82. The van der Waals surface area contributed by atoms with Crippen molar-refractivity contribution >= 4 is 11.7 Å². The molecule has 2 aromatic heterocycles. The molecule has 7 heteroatoms. The van der Waals surface area contributed by atoms with Crippen LogP contribution in [0.4, 0.5) is 14.6 Å². The summed E-state index contributed by atoms with van der Waals surface area (Å²) in [7, 11) is 0. The van der Waals surface area contributed by atoms with E-state index in [9.17, 15) is 13.6 Å². The minimum atomic E-state index is -0.916. The third kappa shape index (κ3) is 3.66. The Morgan fingerprint density at radius 1 is 1.06 bits per heavy atom. The maximum atomic E-state index is 14.4. The first-order valence-corrected chi connectivity index (χ1v) is 10.3. The number of carbonyl (C=O) groups excluding carboxylic acids is 1. The van der Waals surface area contributed by atoms with Gasteiger partial charge in [0.25, 0.3) is 0 Å². The second kappa shape index (κ2) is 8.00. The summed E-state index contributed by atoms with van der Waals surface area (Å²) in [5, 5.41) is 3.22. The van der Waals surface area contributed by atoms with Crippen LogP contribution in [-0.2, 0) is 12.8 Å². The van der Waals surface area contributed by atoms with Gasteiger partial charge in [-0.15, -0.1) is 0 Å². The molecule has 3 heterocycles. The molecule has 0 fully saturated rings. The molecule has 1 aliphatic heterocycles. The molecule has 1 N–H and O–H groups in total. The molecular formula is C25H20F2N3O2+. The lowest BCUT2D eigenvalue weighted by Crippen LogP contribution is -2.44. The quantitative estimate of drug-likeness (QED) is 0.473. The standard InChI is InChI=1S/C25H19F2N3O2/c1-15-10-11-18(32-15)13-21-25(31)30-14-22(16-6-3-2-4-7-16)28-20(24(30)29-21)12-17-8-5-9-19(26)23(17)27/h2-11,14,21H,12-13H2,1H3/p+1. The van der Waals surface area contributed by atoms with E-state index < -0.39 is 17.7 Å². The first kappa shape index (κ1) is 20.1. The second-order valence-electron chi connectivity index (χ2n) is 7.80. The van der Waals surface area contributed by atoms with Crippen molar-refractivity contribution in [1.29, 1.82) is 0 Å². The van der Waals surface area contributed by atoms with Gasteiger partial charge in [-0.25, -0.2) is 18.6 Å². The molecule has 0 spiro atoms. The van der Waals surface area contributed by atoms with Gasteiger partial charge in [-0.1, -0.05) is 42.5 Å². The van der Waals surface area contributed by atoms with Gasteiger partial charge in [0.2, 0.25) is 6.04 Å². The summed E-state index contributed by atoms with van der Waals surface area (Å²) in [6, 6.07) is 16.6. The number of halogens is 2. The lowest BCUT2D eigenvalue weighted by molar-refractivity contribution is -0.552. The van der Waals surface area contributed by atoms with E-state index in [2.05, 4.69) is 5.32 Å². The van der Waals surface area contributed by atoms with E-state index in [1.807, 2.05) is 49.4 Å². The van der Waals surface area contributed by atoms with E-state index in [1.54, 1.807) is 6.20 Å². The molecule has 160 valence electrons. The summed E-state index contributed by atoms with van der Waals surface area (Å²) >= 11 is 0. The third-order valence-corrected chi connectivity index (χ3v) is 5.53. The number of aryl methyl sites for hydroxylation is 1. The SMILES string of the molecule is Cc1ccc(CC2Nc3c(Cc4cccc(F)c4F)nc(-c4ccccc4)c[n+]3C2=O)o1. The van der Waals surface area contributed by atoms with Crippen LogP contribution >= 0.6 is 0 Å². The summed E-state index contributed by atoms with van der Waals surface area (Å²) in [6.45, 7) is 1.85. The highest BCUT2D eigenvalue weighted by Crippen LogP contribution is 2.26. The van der Waals surface area contributed by atoms with Gasteiger partial charge in [-0.05, 0) is 30.7 Å². The van der Waals surface area contributed by atoms with Crippen LogP contribution in [0.15, 0.2) is 71.3 Å². The van der Waals surface area contributed by atoms with E-state index in [0.29, 0.717) is 29.4 Å². The van der Waals surface area contributed by atoms with Crippen molar-refractivity contribution < 1.29 is 22.6 Å². The predicted octanol–water partition coefficient (Wildman–Crippen LogP) is 4.48. The van der Waals surface area contributed by atoms with Gasteiger partial charge in [0, 0.05) is 12.0 Å². The predicted molar refractivity (Wildman–Crippen MR) is 114 cm³/mol. The van der Waals surface area contributed by atoms with Crippen LogP contribution in [0.1, 0.15) is 27.6 Å². The van der Waals surface area contributed by atoms with E-state index in [-0.39, 0.29) is 17.9 Å². The topological polar surface area (TPSA) is 59.0 Å². The number of nitrogens with one attached hydrogen (secondary N) is 1. The van der Waals surface area contributed by atoms with Crippen LogP contribution in [0.5, 0.6) is 0 Å². The van der Waals surface area contributed by atoms with E-state index in [0.717, 1.165) is 17.4 Å². The molecule has 1 atom stereocenters. The lowest BCUT2D eigenvalue weighted by Gasteiger charge is -2.08. The van der Waals surface area contributed by atoms with Crippen LogP contribution < -0.4 is 9.88 Å². The largest absolute Gasteiger partial charge is 0.466 e. The highest BCUT2D eigenvalue weighted by Gasteiger charge is 2.41. The number of aromatic nitrogens is 2. The summed E-state index contributed by atoms with van der Waals surface area (Å²) in [5.74, 6) is -0.0472. The average Bonchev–Trinajstić information content (AvgIpc) is 3.35. The van der Waals surface area contributed by atoms with Crippen molar-refractivity contribution in [3.63, 3.8) is 0 Å². The molecule has 4 aromatic rings. The number of fused-ring (bicyclic) bond motifs is 1. The Hall–Kier alpha value is -3.87. The lowest BCUT2D eigenvalue weighted by atomic mass is 10.1. The molecule has 0 saturated carbocycles. The Morgan fingerprint density at radius 3 is 2.62 bits per heavy atom. The monoisotopic (exact) mass is 432 g/mol. The summed E-state index contributed by atoms with van der Waals surface area (Å²) in [4.78, 5) is 17.9. The molecule has 5 rings (SSSR count). The Bertz CT molecular complexity index is 1320. The Kier molecular flexibility index (Phi) is 5.01. The van der Waals surface area contributed by atoms with Crippen LogP contribution in [-0.4, -0.2) is 16.9 Å². The Labute approximate surface area is 183 Å². The van der Waals surface area contributed by atoms with Crippen LogP contribution in [0.25, 0.3) is 11.3 Å². The second-order valence-corrected chi connectivity index (χ2v) is 7.80. The van der Waals surface area contributed by atoms with Crippen molar-refractivity contribution in [3.05, 3.63) is 101 Å². The number of nitrogens with zero attached hydrogens (tertiary/aromatic N) is 2. The van der Waals surface area contributed by atoms with Gasteiger partial charge in [-0.3, -0.25) is 5.32 Å². The normalized spacial score (nSPS) is 15.0. The smallest absolute Gasteiger partial charge is 0.359 e. The molecule has 0 aliphatic carbocycles.